The zero-order valence-corrected chi connectivity index (χ0v) is 16.6. The number of aryl methyl sites for hydroxylation is 1. The Labute approximate surface area is 171 Å². The van der Waals surface area contributed by atoms with E-state index in [1.807, 2.05) is 6.92 Å². The van der Waals surface area contributed by atoms with E-state index in [2.05, 4.69) is 5.10 Å². The van der Waals surface area contributed by atoms with Crippen LogP contribution in [-0.2, 0) is 17.9 Å². The molecule has 0 N–H and O–H groups in total. The van der Waals surface area contributed by atoms with Gasteiger partial charge in [0.25, 0.3) is 5.56 Å². The van der Waals surface area contributed by atoms with Crippen molar-refractivity contribution < 1.29 is 19.0 Å². The number of rotatable bonds is 6. The summed E-state index contributed by atoms with van der Waals surface area (Å²) in [5.74, 6) is 0.387. The molecule has 0 amide bonds. The van der Waals surface area contributed by atoms with Crippen molar-refractivity contribution in [2.45, 2.75) is 32.9 Å². The first-order chi connectivity index (χ1) is 14.1. The molecule has 2 aromatic carbocycles. The van der Waals surface area contributed by atoms with Gasteiger partial charge in [0, 0.05) is 11.9 Å². The maximum absolute atomic E-state index is 12.8. The number of aromatic nitrogens is 2. The van der Waals surface area contributed by atoms with Crippen LogP contribution in [0.15, 0.2) is 41.2 Å². The lowest BCUT2D eigenvalue weighted by Crippen LogP contribution is -2.26. The summed E-state index contributed by atoms with van der Waals surface area (Å²) in [6, 6.07) is 10.3. The molecule has 0 aliphatic carbocycles. The Morgan fingerprint density at radius 3 is 2.83 bits per heavy atom. The molecule has 0 saturated carbocycles. The molecule has 0 unspecified atom stereocenters. The fourth-order valence-electron chi connectivity index (χ4n) is 3.17. The van der Waals surface area contributed by atoms with E-state index in [-0.39, 0.29) is 24.7 Å². The standard InChI is InChI=1S/C21H19ClN2O5/c1-2-3-8-24-20(25)15-7-5-4-6-14(15)18(23-24)21(26)27-11-13-9-16(22)19-17(10-13)28-12-29-19/h4-7,9-10H,2-3,8,11-12H2,1H3. The summed E-state index contributed by atoms with van der Waals surface area (Å²) in [6.07, 6.45) is 1.70. The zero-order chi connectivity index (χ0) is 20.4. The number of unbranched alkanes of at least 4 members (excludes halogenated alkanes) is 1. The molecule has 4 rings (SSSR count). The fourth-order valence-corrected chi connectivity index (χ4v) is 3.45. The number of carbonyl (C=O) groups is 1. The highest BCUT2D eigenvalue weighted by molar-refractivity contribution is 6.32. The second kappa shape index (κ2) is 8.13. The summed E-state index contributed by atoms with van der Waals surface area (Å²) in [5.41, 5.74) is 0.563. The Morgan fingerprint density at radius 2 is 2.03 bits per heavy atom. The van der Waals surface area contributed by atoms with Crippen LogP contribution in [0.3, 0.4) is 0 Å². The van der Waals surface area contributed by atoms with Gasteiger partial charge in [-0.3, -0.25) is 4.79 Å². The predicted molar refractivity (Wildman–Crippen MR) is 108 cm³/mol. The van der Waals surface area contributed by atoms with Gasteiger partial charge in [0.15, 0.2) is 17.2 Å². The van der Waals surface area contributed by atoms with E-state index in [9.17, 15) is 9.59 Å². The molecule has 7 nitrogen and oxygen atoms in total. The minimum absolute atomic E-state index is 0.0146. The third-order valence-corrected chi connectivity index (χ3v) is 4.92. The number of carbonyl (C=O) groups excluding carboxylic acids is 1. The number of hydrogen-bond donors (Lipinski definition) is 0. The average molecular weight is 415 g/mol. The summed E-state index contributed by atoms with van der Waals surface area (Å²) in [5, 5.41) is 5.59. The molecule has 29 heavy (non-hydrogen) atoms. The van der Waals surface area contributed by atoms with Gasteiger partial charge < -0.3 is 14.2 Å². The molecule has 8 heteroatoms. The second-order valence-electron chi connectivity index (χ2n) is 6.66. The third-order valence-electron chi connectivity index (χ3n) is 4.64. The van der Waals surface area contributed by atoms with Crippen molar-refractivity contribution in [2.24, 2.45) is 0 Å². The molecule has 0 atom stereocenters. The molecule has 1 aliphatic rings. The molecule has 0 bridgehead atoms. The van der Waals surface area contributed by atoms with E-state index in [0.717, 1.165) is 12.8 Å². The highest BCUT2D eigenvalue weighted by atomic mass is 35.5. The largest absolute Gasteiger partial charge is 0.456 e. The van der Waals surface area contributed by atoms with Gasteiger partial charge in [0.2, 0.25) is 6.79 Å². The zero-order valence-electron chi connectivity index (χ0n) is 15.8. The van der Waals surface area contributed by atoms with Crippen LogP contribution in [0.4, 0.5) is 0 Å². The summed E-state index contributed by atoms with van der Waals surface area (Å²) in [4.78, 5) is 25.4. The van der Waals surface area contributed by atoms with Crippen molar-refractivity contribution in [3.8, 4) is 11.5 Å². The number of hydrogen-bond acceptors (Lipinski definition) is 6. The Balaban J connectivity index is 1.62. The van der Waals surface area contributed by atoms with Gasteiger partial charge >= 0.3 is 5.97 Å². The van der Waals surface area contributed by atoms with Gasteiger partial charge in [-0.1, -0.05) is 43.1 Å². The number of benzene rings is 2. The highest BCUT2D eigenvalue weighted by Crippen LogP contribution is 2.39. The number of nitrogens with zero attached hydrogens (tertiary/aromatic N) is 2. The highest BCUT2D eigenvalue weighted by Gasteiger charge is 2.21. The Morgan fingerprint density at radius 1 is 1.24 bits per heavy atom. The van der Waals surface area contributed by atoms with E-state index < -0.39 is 5.97 Å². The van der Waals surface area contributed by atoms with Crippen LogP contribution in [0.25, 0.3) is 10.8 Å². The van der Waals surface area contributed by atoms with E-state index >= 15 is 0 Å². The monoisotopic (exact) mass is 414 g/mol. The van der Waals surface area contributed by atoms with E-state index in [0.29, 0.717) is 39.4 Å². The van der Waals surface area contributed by atoms with Crippen molar-refractivity contribution in [2.75, 3.05) is 6.79 Å². The van der Waals surface area contributed by atoms with Crippen LogP contribution in [0.2, 0.25) is 5.02 Å². The lowest BCUT2D eigenvalue weighted by molar-refractivity contribution is 0.0465. The van der Waals surface area contributed by atoms with Crippen molar-refractivity contribution in [3.05, 3.63) is 63.0 Å². The molecule has 0 spiro atoms. The van der Waals surface area contributed by atoms with Gasteiger partial charge in [-0.2, -0.15) is 5.10 Å². The van der Waals surface area contributed by atoms with Crippen LogP contribution in [0.1, 0.15) is 35.8 Å². The molecule has 3 aromatic rings. The summed E-state index contributed by atoms with van der Waals surface area (Å²) >= 11 is 6.18. The summed E-state index contributed by atoms with van der Waals surface area (Å²) in [6.45, 7) is 2.56. The molecule has 0 radical (unpaired) electrons. The summed E-state index contributed by atoms with van der Waals surface area (Å²) < 4.78 is 17.4. The lowest BCUT2D eigenvalue weighted by Gasteiger charge is -2.11. The van der Waals surface area contributed by atoms with E-state index in [1.165, 1.54) is 4.68 Å². The van der Waals surface area contributed by atoms with Crippen LogP contribution < -0.4 is 15.0 Å². The van der Waals surface area contributed by atoms with Crippen LogP contribution in [-0.4, -0.2) is 22.5 Å². The fraction of sp³-hybridized carbons (Fsp3) is 0.286. The maximum Gasteiger partial charge on any atom is 0.359 e. The summed E-state index contributed by atoms with van der Waals surface area (Å²) in [7, 11) is 0. The van der Waals surface area contributed by atoms with Gasteiger partial charge in [-0.05, 0) is 30.2 Å². The topological polar surface area (TPSA) is 79.7 Å². The van der Waals surface area contributed by atoms with Crippen molar-refractivity contribution in [1.82, 2.24) is 9.78 Å². The van der Waals surface area contributed by atoms with Crippen molar-refractivity contribution in [3.63, 3.8) is 0 Å². The molecule has 1 aromatic heterocycles. The minimum Gasteiger partial charge on any atom is -0.456 e. The molecule has 0 saturated heterocycles. The normalized spacial score (nSPS) is 12.3. The van der Waals surface area contributed by atoms with Gasteiger partial charge in [0.1, 0.15) is 6.61 Å². The molecule has 0 fully saturated rings. The first kappa shape index (κ1) is 19.3. The first-order valence-corrected chi connectivity index (χ1v) is 9.71. The Hall–Kier alpha value is -3.06. The molecular formula is C21H19ClN2O5. The maximum atomic E-state index is 12.8. The van der Waals surface area contributed by atoms with Gasteiger partial charge in [-0.25, -0.2) is 9.48 Å². The van der Waals surface area contributed by atoms with Crippen molar-refractivity contribution in [1.29, 1.82) is 0 Å². The van der Waals surface area contributed by atoms with Gasteiger partial charge in [0.05, 0.1) is 10.4 Å². The number of halogens is 1. The van der Waals surface area contributed by atoms with Crippen molar-refractivity contribution >= 4 is 28.3 Å². The minimum atomic E-state index is -0.611. The van der Waals surface area contributed by atoms with Gasteiger partial charge in [-0.15, -0.1) is 0 Å². The first-order valence-electron chi connectivity index (χ1n) is 9.33. The smallest absolute Gasteiger partial charge is 0.359 e. The average Bonchev–Trinajstić information content (AvgIpc) is 3.21. The Kier molecular flexibility index (Phi) is 5.40. The van der Waals surface area contributed by atoms with Crippen LogP contribution >= 0.6 is 11.6 Å². The lowest BCUT2D eigenvalue weighted by atomic mass is 10.1. The number of esters is 1. The van der Waals surface area contributed by atoms with Crippen LogP contribution in [0.5, 0.6) is 11.5 Å². The predicted octanol–water partition coefficient (Wildman–Crippen LogP) is 3.94. The molecule has 150 valence electrons. The number of fused-ring (bicyclic) bond motifs is 2. The van der Waals surface area contributed by atoms with E-state index in [1.54, 1.807) is 36.4 Å². The molecule has 2 heterocycles. The van der Waals surface area contributed by atoms with Crippen LogP contribution in [0, 0.1) is 0 Å². The quantitative estimate of drug-likeness (QED) is 0.568. The number of ether oxygens (including phenoxy) is 3. The molecular weight excluding hydrogens is 396 g/mol. The SMILES string of the molecule is CCCCn1nc(C(=O)OCc2cc(Cl)c3c(c2)OCO3)c2ccccc2c1=O. The van der Waals surface area contributed by atoms with E-state index in [4.69, 9.17) is 25.8 Å². The molecule has 1 aliphatic heterocycles. The second-order valence-corrected chi connectivity index (χ2v) is 7.07. The Bertz CT molecular complexity index is 1140. The third kappa shape index (κ3) is 3.78.